The Morgan fingerprint density at radius 1 is 1.21 bits per heavy atom. The van der Waals surface area contributed by atoms with E-state index in [-0.39, 0.29) is 30.3 Å². The van der Waals surface area contributed by atoms with Crippen LogP contribution in [0.2, 0.25) is 5.02 Å². The predicted octanol–water partition coefficient (Wildman–Crippen LogP) is 2.35. The minimum atomic E-state index is -0.976. The summed E-state index contributed by atoms with van der Waals surface area (Å²) in [6.07, 6.45) is -0.976. The van der Waals surface area contributed by atoms with Crippen molar-refractivity contribution < 1.29 is 9.84 Å². The van der Waals surface area contributed by atoms with E-state index in [4.69, 9.17) is 16.3 Å². The zero-order chi connectivity index (χ0) is 24.2. The summed E-state index contributed by atoms with van der Waals surface area (Å²) in [6.45, 7) is 1.76. The van der Waals surface area contributed by atoms with Crippen molar-refractivity contribution in [3.63, 3.8) is 0 Å². The molecule has 0 aliphatic rings. The number of aromatic nitrogens is 4. The van der Waals surface area contributed by atoms with Crippen LogP contribution in [-0.2, 0) is 13.6 Å². The molecule has 10 nitrogen and oxygen atoms in total. The number of ether oxygens (including phenoxy) is 1. The minimum absolute atomic E-state index is 0.0140. The summed E-state index contributed by atoms with van der Waals surface area (Å²) >= 11 is 5.95. The number of nitrogens with zero attached hydrogens (tertiary/aromatic N) is 4. The highest BCUT2D eigenvalue weighted by atomic mass is 35.5. The second kappa shape index (κ2) is 9.94. The van der Waals surface area contributed by atoms with E-state index in [1.54, 1.807) is 31.2 Å². The van der Waals surface area contributed by atoms with Gasteiger partial charge in [-0.25, -0.2) is 10.2 Å². The molecule has 2 aromatic heterocycles. The van der Waals surface area contributed by atoms with E-state index in [1.165, 1.54) is 16.2 Å². The Labute approximate surface area is 199 Å². The predicted molar refractivity (Wildman–Crippen MR) is 131 cm³/mol. The topological polar surface area (TPSA) is 127 Å². The number of hydrogen-bond donors (Lipinski definition) is 3. The van der Waals surface area contributed by atoms with Gasteiger partial charge in [0.2, 0.25) is 5.95 Å². The molecule has 1 unspecified atom stereocenters. The fourth-order valence-corrected chi connectivity index (χ4v) is 3.49. The molecule has 3 N–H and O–H groups in total. The summed E-state index contributed by atoms with van der Waals surface area (Å²) in [6, 6.07) is 16.2. The SMILES string of the molecule is C/C(=N/Nc1nc2c(c(=O)[nH]c(=O)n2C)n1CC(O)COc1ccccc1)c1ccc(Cl)cc1. The molecule has 0 spiro atoms. The first-order valence-electron chi connectivity index (χ1n) is 10.4. The van der Waals surface area contributed by atoms with Crippen molar-refractivity contribution in [2.45, 2.75) is 19.6 Å². The second-order valence-corrected chi connectivity index (χ2v) is 8.07. The van der Waals surface area contributed by atoms with Gasteiger partial charge in [0.1, 0.15) is 18.5 Å². The van der Waals surface area contributed by atoms with Gasteiger partial charge in [-0.1, -0.05) is 41.9 Å². The number of anilines is 1. The lowest BCUT2D eigenvalue weighted by molar-refractivity contribution is 0.0938. The van der Waals surface area contributed by atoms with Gasteiger partial charge in [0.15, 0.2) is 11.2 Å². The van der Waals surface area contributed by atoms with Crippen LogP contribution in [-0.4, -0.2) is 42.6 Å². The van der Waals surface area contributed by atoms with Crippen LogP contribution in [0.3, 0.4) is 0 Å². The monoisotopic (exact) mass is 482 g/mol. The van der Waals surface area contributed by atoms with E-state index in [0.29, 0.717) is 16.5 Å². The van der Waals surface area contributed by atoms with Gasteiger partial charge in [-0.3, -0.25) is 14.3 Å². The van der Waals surface area contributed by atoms with Gasteiger partial charge in [0.25, 0.3) is 5.56 Å². The van der Waals surface area contributed by atoms with Crippen molar-refractivity contribution >= 4 is 34.4 Å². The number of aliphatic hydroxyl groups is 1. The molecule has 176 valence electrons. The number of H-pyrrole nitrogens is 1. The molecule has 11 heteroatoms. The average Bonchev–Trinajstić information content (AvgIpc) is 3.19. The largest absolute Gasteiger partial charge is 0.491 e. The summed E-state index contributed by atoms with van der Waals surface area (Å²) in [7, 11) is 1.50. The standard InChI is InChI=1S/C23H23ClN6O4/c1-14(15-8-10-16(24)11-9-15)27-28-22-25-20-19(21(32)26-23(33)29(20)2)30(22)12-17(31)13-34-18-6-4-3-5-7-18/h3-11,17,31H,12-13H2,1-2H3,(H,25,28)(H,26,32,33)/b27-14-. The number of para-hydroxylation sites is 1. The van der Waals surface area contributed by atoms with Gasteiger partial charge in [-0.2, -0.15) is 10.1 Å². The van der Waals surface area contributed by atoms with Crippen molar-refractivity contribution in [1.82, 2.24) is 19.1 Å². The fraction of sp³-hybridized carbons (Fsp3) is 0.217. The van der Waals surface area contributed by atoms with Gasteiger partial charge in [0, 0.05) is 12.1 Å². The van der Waals surface area contributed by atoms with Gasteiger partial charge in [-0.05, 0) is 36.8 Å². The lowest BCUT2D eigenvalue weighted by atomic mass is 10.1. The average molecular weight is 483 g/mol. The Morgan fingerprint density at radius 3 is 2.62 bits per heavy atom. The molecule has 0 fully saturated rings. The highest BCUT2D eigenvalue weighted by Gasteiger charge is 2.20. The Bertz CT molecular complexity index is 1440. The number of aliphatic hydroxyl groups excluding tert-OH is 1. The Hall–Kier alpha value is -3.89. The summed E-state index contributed by atoms with van der Waals surface area (Å²) in [4.78, 5) is 31.3. The van der Waals surface area contributed by atoms with Crippen molar-refractivity contribution in [3.05, 3.63) is 86.0 Å². The third-order valence-electron chi connectivity index (χ3n) is 5.17. The number of benzene rings is 2. The maximum Gasteiger partial charge on any atom is 0.329 e. The molecule has 1 atom stereocenters. The van der Waals surface area contributed by atoms with E-state index in [2.05, 4.69) is 20.5 Å². The van der Waals surface area contributed by atoms with E-state index in [0.717, 1.165) is 5.56 Å². The normalized spacial score (nSPS) is 12.6. The quantitative estimate of drug-likeness (QED) is 0.261. The first kappa shape index (κ1) is 23.3. The minimum Gasteiger partial charge on any atom is -0.491 e. The smallest absolute Gasteiger partial charge is 0.329 e. The molecule has 4 rings (SSSR count). The number of nitrogens with one attached hydrogen (secondary N) is 2. The summed E-state index contributed by atoms with van der Waals surface area (Å²) in [5.41, 5.74) is 3.41. The molecule has 0 saturated carbocycles. The van der Waals surface area contributed by atoms with Crippen molar-refractivity contribution in [3.8, 4) is 5.75 Å². The van der Waals surface area contributed by atoms with E-state index >= 15 is 0 Å². The number of fused-ring (bicyclic) bond motifs is 1. The van der Waals surface area contributed by atoms with Crippen LogP contribution < -0.4 is 21.4 Å². The molecule has 0 aliphatic heterocycles. The number of aryl methyl sites for hydroxylation is 1. The first-order valence-corrected chi connectivity index (χ1v) is 10.8. The maximum atomic E-state index is 12.6. The first-order chi connectivity index (χ1) is 16.3. The summed E-state index contributed by atoms with van der Waals surface area (Å²) in [5, 5.41) is 15.6. The highest BCUT2D eigenvalue weighted by Crippen LogP contribution is 2.18. The Kier molecular flexibility index (Phi) is 6.80. The van der Waals surface area contributed by atoms with Crippen molar-refractivity contribution in [1.29, 1.82) is 0 Å². The van der Waals surface area contributed by atoms with Crippen LogP contribution in [0.15, 0.2) is 69.3 Å². The number of hydrazone groups is 1. The van der Waals surface area contributed by atoms with Gasteiger partial charge in [0.05, 0.1) is 12.3 Å². The Morgan fingerprint density at radius 2 is 1.91 bits per heavy atom. The van der Waals surface area contributed by atoms with Crippen LogP contribution in [0, 0.1) is 0 Å². The van der Waals surface area contributed by atoms with Crippen molar-refractivity contribution in [2.75, 3.05) is 12.0 Å². The van der Waals surface area contributed by atoms with E-state index in [9.17, 15) is 14.7 Å². The molecule has 34 heavy (non-hydrogen) atoms. The Balaban J connectivity index is 1.65. The van der Waals surface area contributed by atoms with Crippen LogP contribution in [0.1, 0.15) is 12.5 Å². The van der Waals surface area contributed by atoms with Gasteiger partial charge >= 0.3 is 5.69 Å². The fourth-order valence-electron chi connectivity index (χ4n) is 3.36. The molecule has 2 heterocycles. The van der Waals surface area contributed by atoms with Crippen LogP contribution >= 0.6 is 11.6 Å². The maximum absolute atomic E-state index is 12.6. The lowest BCUT2D eigenvalue weighted by Crippen LogP contribution is -2.30. The molecule has 2 aromatic carbocycles. The molecule has 0 radical (unpaired) electrons. The number of hydrogen-bond acceptors (Lipinski definition) is 7. The number of rotatable bonds is 8. The molecule has 0 saturated heterocycles. The third kappa shape index (κ3) is 5.03. The van der Waals surface area contributed by atoms with E-state index < -0.39 is 17.4 Å². The molecular formula is C23H23ClN6O4. The zero-order valence-corrected chi connectivity index (χ0v) is 19.3. The molecule has 0 amide bonds. The number of imidazole rings is 1. The van der Waals surface area contributed by atoms with Crippen LogP contribution in [0.4, 0.5) is 5.95 Å². The van der Waals surface area contributed by atoms with Crippen LogP contribution in [0.25, 0.3) is 11.2 Å². The molecule has 0 aliphatic carbocycles. The lowest BCUT2D eigenvalue weighted by Gasteiger charge is -2.15. The number of halogens is 1. The highest BCUT2D eigenvalue weighted by molar-refractivity contribution is 6.30. The van der Waals surface area contributed by atoms with Gasteiger partial charge in [-0.15, -0.1) is 0 Å². The third-order valence-corrected chi connectivity index (χ3v) is 5.42. The van der Waals surface area contributed by atoms with Crippen molar-refractivity contribution in [2.24, 2.45) is 12.1 Å². The molecular weight excluding hydrogens is 460 g/mol. The second-order valence-electron chi connectivity index (χ2n) is 7.63. The molecule has 0 bridgehead atoms. The summed E-state index contributed by atoms with van der Waals surface area (Å²) in [5.74, 6) is 0.799. The zero-order valence-electron chi connectivity index (χ0n) is 18.5. The molecule has 4 aromatic rings. The summed E-state index contributed by atoms with van der Waals surface area (Å²) < 4.78 is 8.32. The van der Waals surface area contributed by atoms with E-state index in [1.807, 2.05) is 30.3 Å². The number of aromatic amines is 1. The van der Waals surface area contributed by atoms with Crippen LogP contribution in [0.5, 0.6) is 5.75 Å². The van der Waals surface area contributed by atoms with Gasteiger partial charge < -0.3 is 14.4 Å².